The molecule has 0 saturated carbocycles. The van der Waals surface area contributed by atoms with Crippen LogP contribution in [0.5, 0.6) is 0 Å². The number of nitrogens with zero attached hydrogens (tertiary/aromatic N) is 2. The minimum absolute atomic E-state index is 0.0188. The molecule has 0 bridgehead atoms. The lowest BCUT2D eigenvalue weighted by atomic mass is 10.1. The number of sulfone groups is 1. The van der Waals surface area contributed by atoms with E-state index in [1.54, 1.807) is 11.0 Å². The molecule has 0 aliphatic carbocycles. The molecule has 1 rings (SSSR count). The summed E-state index contributed by atoms with van der Waals surface area (Å²) >= 11 is 0. The highest BCUT2D eigenvalue weighted by Crippen LogP contribution is 2.17. The molecular weight excluding hydrogens is 392 g/mol. The normalized spacial score (nSPS) is 17.1. The Hall–Kier alpha value is -1.57. The van der Waals surface area contributed by atoms with Crippen LogP contribution in [0.15, 0.2) is 22.9 Å². The number of rotatable bonds is 12. The summed E-state index contributed by atoms with van der Waals surface area (Å²) in [5.41, 5.74) is 0. The van der Waals surface area contributed by atoms with Crippen LogP contribution in [-0.4, -0.2) is 57.5 Å². The lowest BCUT2D eigenvalue weighted by Gasteiger charge is -2.15. The summed E-state index contributed by atoms with van der Waals surface area (Å²) in [5, 5.41) is 9.19. The van der Waals surface area contributed by atoms with Gasteiger partial charge < -0.3 is 9.64 Å². The van der Waals surface area contributed by atoms with Crippen molar-refractivity contribution in [1.82, 2.24) is 4.90 Å². The summed E-state index contributed by atoms with van der Waals surface area (Å²) < 4.78 is 60.5. The van der Waals surface area contributed by atoms with E-state index in [-0.39, 0.29) is 23.1 Å². The van der Waals surface area contributed by atoms with Gasteiger partial charge in [0, 0.05) is 12.6 Å². The number of hydrogen-bond donors (Lipinski definition) is 1. The lowest BCUT2D eigenvalue weighted by molar-refractivity contribution is 0.237. The number of allylic oxidation sites excluding steroid dienone is 3. The second kappa shape index (κ2) is 11.3. The van der Waals surface area contributed by atoms with Crippen LogP contribution < -0.4 is 0 Å². The Bertz CT molecular complexity index is 779. The van der Waals surface area contributed by atoms with Crippen LogP contribution >= 0.6 is 0 Å². The van der Waals surface area contributed by atoms with Crippen LogP contribution in [0.25, 0.3) is 0 Å². The zero-order chi connectivity index (χ0) is 20.3. The minimum Gasteiger partial charge on any atom is -0.477 e. The molecule has 0 unspecified atom stereocenters. The summed E-state index contributed by atoms with van der Waals surface area (Å²) in [7, 11) is -7.77. The van der Waals surface area contributed by atoms with E-state index in [4.69, 9.17) is 9.29 Å². The average Bonchev–Trinajstić information content (AvgIpc) is 3.03. The largest absolute Gasteiger partial charge is 0.477 e. The van der Waals surface area contributed by atoms with Gasteiger partial charge >= 0.3 is 0 Å². The number of ether oxygens (including phenoxy) is 1. The third kappa shape index (κ3) is 9.26. The van der Waals surface area contributed by atoms with Gasteiger partial charge in [-0.1, -0.05) is 39.0 Å². The van der Waals surface area contributed by atoms with Gasteiger partial charge in [-0.15, -0.1) is 0 Å². The molecule has 0 aromatic rings. The Kier molecular flexibility index (Phi) is 9.83. The molecule has 1 aliphatic heterocycles. The highest BCUT2D eigenvalue weighted by atomic mass is 32.2. The summed E-state index contributed by atoms with van der Waals surface area (Å²) in [5.74, 6) is -0.255. The maximum Gasteiger partial charge on any atom is 0.266 e. The molecule has 1 aliphatic rings. The molecule has 27 heavy (non-hydrogen) atoms. The van der Waals surface area contributed by atoms with E-state index in [0.717, 1.165) is 32.1 Å². The topological polar surface area (TPSA) is 125 Å². The van der Waals surface area contributed by atoms with Crippen molar-refractivity contribution in [2.45, 2.75) is 45.4 Å². The Morgan fingerprint density at radius 3 is 2.48 bits per heavy atom. The first kappa shape index (κ1) is 23.5. The van der Waals surface area contributed by atoms with Crippen LogP contribution in [0.1, 0.15) is 45.4 Å². The van der Waals surface area contributed by atoms with Crippen LogP contribution in [0.2, 0.25) is 0 Å². The molecule has 0 aromatic carbocycles. The molecule has 0 aromatic heterocycles. The van der Waals surface area contributed by atoms with Gasteiger partial charge in [-0.2, -0.15) is 13.7 Å². The van der Waals surface area contributed by atoms with Crippen LogP contribution in [0, 0.1) is 11.3 Å². The van der Waals surface area contributed by atoms with Crippen molar-refractivity contribution in [3.05, 3.63) is 22.9 Å². The summed E-state index contributed by atoms with van der Waals surface area (Å²) in [6, 6.07) is 1.72. The van der Waals surface area contributed by atoms with Gasteiger partial charge in [0.1, 0.15) is 17.6 Å². The SMILES string of the molecule is CCCCCCCCS(=O)(=O)C(C#N)=CC=C1OCCN1CCS(=O)(=O)O. The minimum atomic E-state index is -4.10. The van der Waals surface area contributed by atoms with Crippen molar-refractivity contribution in [1.29, 1.82) is 5.26 Å². The van der Waals surface area contributed by atoms with Gasteiger partial charge in [-0.25, -0.2) is 8.42 Å². The molecule has 154 valence electrons. The molecule has 10 heteroatoms. The fourth-order valence-corrected chi connectivity index (χ4v) is 4.27. The molecular formula is C17H28N2O6S2. The maximum absolute atomic E-state index is 12.3. The molecule has 0 radical (unpaired) electrons. The Balaban J connectivity index is 2.68. The summed E-state index contributed by atoms with van der Waals surface area (Å²) in [6.45, 7) is 2.87. The average molecular weight is 421 g/mol. The number of unbranched alkanes of at least 4 members (excludes halogenated alkanes) is 5. The van der Waals surface area contributed by atoms with E-state index in [1.165, 1.54) is 12.2 Å². The number of nitriles is 1. The monoisotopic (exact) mass is 420 g/mol. The first-order valence-corrected chi connectivity index (χ1v) is 12.3. The fourth-order valence-electron chi connectivity index (χ4n) is 2.60. The van der Waals surface area contributed by atoms with Crippen molar-refractivity contribution < 1.29 is 26.1 Å². The highest BCUT2D eigenvalue weighted by Gasteiger charge is 2.21. The Labute approximate surface area is 162 Å². The Morgan fingerprint density at radius 2 is 1.85 bits per heavy atom. The van der Waals surface area contributed by atoms with E-state index < -0.39 is 25.7 Å². The van der Waals surface area contributed by atoms with E-state index >= 15 is 0 Å². The van der Waals surface area contributed by atoms with Crippen molar-refractivity contribution >= 4 is 20.0 Å². The molecule has 1 saturated heterocycles. The third-order valence-corrected chi connectivity index (χ3v) is 6.55. The zero-order valence-electron chi connectivity index (χ0n) is 15.6. The second-order valence-corrected chi connectivity index (χ2v) is 10.0. The third-order valence-electron chi connectivity index (χ3n) is 4.13. The second-order valence-electron chi connectivity index (χ2n) is 6.36. The van der Waals surface area contributed by atoms with Crippen molar-refractivity contribution in [2.75, 3.05) is 31.2 Å². The molecule has 1 heterocycles. The predicted molar refractivity (Wildman–Crippen MR) is 103 cm³/mol. The standard InChI is InChI=1S/C17H28N2O6S2/c1-2-3-4-5-6-7-13-26(20,21)16(15-18)8-9-17-19(10-12-25-17)11-14-27(22,23)24/h8-9H,2-7,10-14H2,1H3,(H,22,23,24). The van der Waals surface area contributed by atoms with Gasteiger partial charge in [-0.3, -0.25) is 4.55 Å². The van der Waals surface area contributed by atoms with Crippen LogP contribution in [-0.2, 0) is 24.7 Å². The van der Waals surface area contributed by atoms with E-state index in [0.29, 0.717) is 19.6 Å². The predicted octanol–water partition coefficient (Wildman–Crippen LogP) is 2.23. The molecule has 0 atom stereocenters. The number of hydrogen-bond acceptors (Lipinski definition) is 7. The summed E-state index contributed by atoms with van der Waals surface area (Å²) in [4.78, 5) is 1.23. The smallest absolute Gasteiger partial charge is 0.266 e. The highest BCUT2D eigenvalue weighted by molar-refractivity contribution is 7.95. The molecule has 8 nitrogen and oxygen atoms in total. The van der Waals surface area contributed by atoms with Crippen molar-refractivity contribution in [3.63, 3.8) is 0 Å². The van der Waals surface area contributed by atoms with Gasteiger partial charge in [0.25, 0.3) is 10.1 Å². The van der Waals surface area contributed by atoms with E-state index in [9.17, 15) is 22.1 Å². The first-order valence-electron chi connectivity index (χ1n) is 9.07. The molecule has 1 N–H and O–H groups in total. The maximum atomic E-state index is 12.3. The van der Waals surface area contributed by atoms with Crippen molar-refractivity contribution in [3.8, 4) is 6.07 Å². The van der Waals surface area contributed by atoms with Gasteiger partial charge in [-0.05, 0) is 12.5 Å². The van der Waals surface area contributed by atoms with E-state index in [1.807, 2.05) is 0 Å². The van der Waals surface area contributed by atoms with Gasteiger partial charge in [0.15, 0.2) is 15.7 Å². The van der Waals surface area contributed by atoms with Crippen LogP contribution in [0.3, 0.4) is 0 Å². The fraction of sp³-hybridized carbons (Fsp3) is 0.706. The first-order chi connectivity index (χ1) is 12.7. The molecule has 0 spiro atoms. The van der Waals surface area contributed by atoms with Gasteiger partial charge in [0.05, 0.1) is 18.1 Å². The summed E-state index contributed by atoms with van der Waals surface area (Å²) in [6.07, 6.45) is 8.19. The van der Waals surface area contributed by atoms with E-state index in [2.05, 4.69) is 6.92 Å². The van der Waals surface area contributed by atoms with Gasteiger partial charge in [0.2, 0.25) is 0 Å². The molecule has 1 fully saturated rings. The molecule has 0 amide bonds. The lowest BCUT2D eigenvalue weighted by Crippen LogP contribution is -2.25. The quantitative estimate of drug-likeness (QED) is 0.289. The Morgan fingerprint density at radius 1 is 1.19 bits per heavy atom. The van der Waals surface area contributed by atoms with Crippen LogP contribution in [0.4, 0.5) is 0 Å². The van der Waals surface area contributed by atoms with Crippen molar-refractivity contribution in [2.24, 2.45) is 0 Å². The zero-order valence-corrected chi connectivity index (χ0v) is 17.3.